The van der Waals surface area contributed by atoms with Crippen LogP contribution in [0.4, 0.5) is 5.69 Å². The minimum Gasteiger partial charge on any atom is -0.342 e. The predicted octanol–water partition coefficient (Wildman–Crippen LogP) is 3.26. The Balaban J connectivity index is 0.00000280. The van der Waals surface area contributed by atoms with E-state index < -0.39 is 0 Å². The van der Waals surface area contributed by atoms with Crippen LogP contribution >= 0.6 is 12.4 Å². The SMILES string of the molecule is CCCc1ccc(N2CC(C(=O)N3CCC(CCNC)CC3)CC2=O)cc1.Cl. The smallest absolute Gasteiger partial charge is 0.228 e. The molecule has 156 valence electrons. The molecule has 2 aliphatic heterocycles. The van der Waals surface area contributed by atoms with Gasteiger partial charge in [-0.25, -0.2) is 0 Å². The highest BCUT2D eigenvalue weighted by molar-refractivity contribution is 6.00. The number of piperidine rings is 1. The summed E-state index contributed by atoms with van der Waals surface area (Å²) < 4.78 is 0. The third-order valence-corrected chi connectivity index (χ3v) is 5.99. The van der Waals surface area contributed by atoms with Gasteiger partial charge in [0, 0.05) is 31.7 Å². The first-order valence-electron chi connectivity index (χ1n) is 10.4. The number of amides is 2. The van der Waals surface area contributed by atoms with E-state index in [1.54, 1.807) is 4.90 Å². The molecule has 1 atom stereocenters. The molecular weight excluding hydrogens is 374 g/mol. The van der Waals surface area contributed by atoms with Gasteiger partial charge in [0.2, 0.25) is 11.8 Å². The molecule has 3 rings (SSSR count). The second-order valence-corrected chi connectivity index (χ2v) is 7.98. The Hall–Kier alpha value is -1.59. The fraction of sp³-hybridized carbons (Fsp3) is 0.636. The molecule has 0 aliphatic carbocycles. The van der Waals surface area contributed by atoms with Crippen LogP contribution in [0, 0.1) is 11.8 Å². The third-order valence-electron chi connectivity index (χ3n) is 5.99. The molecule has 6 heteroatoms. The third kappa shape index (κ3) is 5.48. The summed E-state index contributed by atoms with van der Waals surface area (Å²) in [5, 5.41) is 3.21. The number of carbonyl (C=O) groups excluding carboxylic acids is 2. The first kappa shape index (κ1) is 22.7. The molecular formula is C22H34ClN3O2. The van der Waals surface area contributed by atoms with Crippen molar-refractivity contribution < 1.29 is 9.59 Å². The number of hydrogen-bond acceptors (Lipinski definition) is 3. The van der Waals surface area contributed by atoms with Gasteiger partial charge in [-0.15, -0.1) is 12.4 Å². The van der Waals surface area contributed by atoms with Gasteiger partial charge in [-0.2, -0.15) is 0 Å². The van der Waals surface area contributed by atoms with Crippen molar-refractivity contribution >= 4 is 29.9 Å². The van der Waals surface area contributed by atoms with Gasteiger partial charge in [-0.05, 0) is 62.9 Å². The van der Waals surface area contributed by atoms with Gasteiger partial charge in [0.1, 0.15) is 0 Å². The van der Waals surface area contributed by atoms with Gasteiger partial charge >= 0.3 is 0 Å². The maximum Gasteiger partial charge on any atom is 0.228 e. The van der Waals surface area contributed by atoms with Crippen molar-refractivity contribution in [2.45, 2.75) is 45.4 Å². The molecule has 1 aromatic rings. The van der Waals surface area contributed by atoms with Crippen molar-refractivity contribution in [3.05, 3.63) is 29.8 Å². The van der Waals surface area contributed by atoms with Crippen LogP contribution in [0.3, 0.4) is 0 Å². The lowest BCUT2D eigenvalue weighted by Crippen LogP contribution is -2.42. The molecule has 28 heavy (non-hydrogen) atoms. The van der Waals surface area contributed by atoms with Gasteiger partial charge < -0.3 is 15.1 Å². The summed E-state index contributed by atoms with van der Waals surface area (Å²) >= 11 is 0. The first-order valence-corrected chi connectivity index (χ1v) is 10.4. The highest BCUT2D eigenvalue weighted by atomic mass is 35.5. The van der Waals surface area contributed by atoms with Crippen LogP contribution < -0.4 is 10.2 Å². The molecule has 2 saturated heterocycles. The van der Waals surface area contributed by atoms with Crippen molar-refractivity contribution in [1.29, 1.82) is 0 Å². The van der Waals surface area contributed by atoms with Crippen molar-refractivity contribution in [1.82, 2.24) is 10.2 Å². The Bertz CT molecular complexity index is 642. The topological polar surface area (TPSA) is 52.7 Å². The Labute approximate surface area is 175 Å². The molecule has 2 heterocycles. The van der Waals surface area contributed by atoms with Crippen LogP contribution in [0.15, 0.2) is 24.3 Å². The standard InChI is InChI=1S/C22H33N3O2.ClH/c1-3-4-17-5-7-20(8-6-17)25-16-19(15-21(25)26)22(27)24-13-10-18(11-14-24)9-12-23-2;/h5-8,18-19,23H,3-4,9-16H2,1-2H3;1H. The molecule has 5 nitrogen and oxygen atoms in total. The number of nitrogens with one attached hydrogen (secondary N) is 1. The predicted molar refractivity (Wildman–Crippen MR) is 116 cm³/mol. The van der Waals surface area contributed by atoms with E-state index >= 15 is 0 Å². The number of hydrogen-bond donors (Lipinski definition) is 1. The van der Waals surface area contributed by atoms with Gasteiger partial charge in [0.05, 0.1) is 5.92 Å². The van der Waals surface area contributed by atoms with Crippen LogP contribution in [-0.2, 0) is 16.0 Å². The molecule has 2 aliphatic rings. The lowest BCUT2D eigenvalue weighted by atomic mass is 9.92. The first-order chi connectivity index (χ1) is 13.1. The molecule has 0 bridgehead atoms. The van der Waals surface area contributed by atoms with E-state index in [9.17, 15) is 9.59 Å². The highest BCUT2D eigenvalue weighted by Gasteiger charge is 2.38. The van der Waals surface area contributed by atoms with Crippen molar-refractivity contribution in [3.63, 3.8) is 0 Å². The minimum atomic E-state index is -0.193. The highest BCUT2D eigenvalue weighted by Crippen LogP contribution is 2.28. The molecule has 0 radical (unpaired) electrons. The fourth-order valence-corrected chi connectivity index (χ4v) is 4.30. The van der Waals surface area contributed by atoms with E-state index in [0.717, 1.165) is 51.0 Å². The van der Waals surface area contributed by atoms with E-state index in [4.69, 9.17) is 0 Å². The maximum absolute atomic E-state index is 12.9. The molecule has 2 amide bonds. The molecule has 1 aromatic carbocycles. The van der Waals surface area contributed by atoms with E-state index in [-0.39, 0.29) is 30.1 Å². The summed E-state index contributed by atoms with van der Waals surface area (Å²) in [6.45, 7) is 5.40. The average molecular weight is 408 g/mol. The monoisotopic (exact) mass is 407 g/mol. The summed E-state index contributed by atoms with van der Waals surface area (Å²) in [4.78, 5) is 29.2. The van der Waals surface area contributed by atoms with Crippen molar-refractivity contribution in [2.24, 2.45) is 11.8 Å². The number of aryl methyl sites for hydroxylation is 1. The van der Waals surface area contributed by atoms with E-state index in [1.165, 1.54) is 12.0 Å². The van der Waals surface area contributed by atoms with Crippen molar-refractivity contribution in [3.8, 4) is 0 Å². The van der Waals surface area contributed by atoms with Gasteiger partial charge in [-0.1, -0.05) is 25.5 Å². The van der Waals surface area contributed by atoms with Crippen LogP contribution in [0.1, 0.15) is 44.6 Å². The lowest BCUT2D eigenvalue weighted by Gasteiger charge is -2.33. The summed E-state index contributed by atoms with van der Waals surface area (Å²) in [5.74, 6) is 0.757. The van der Waals surface area contributed by atoms with Gasteiger partial charge in [0.25, 0.3) is 0 Å². The second kappa shape index (κ2) is 10.8. The largest absolute Gasteiger partial charge is 0.342 e. The van der Waals surface area contributed by atoms with Crippen LogP contribution in [0.25, 0.3) is 0 Å². The maximum atomic E-state index is 12.9. The van der Waals surface area contributed by atoms with Crippen molar-refractivity contribution in [2.75, 3.05) is 38.1 Å². The number of benzene rings is 1. The fourth-order valence-electron chi connectivity index (χ4n) is 4.30. The summed E-state index contributed by atoms with van der Waals surface area (Å²) in [5.41, 5.74) is 2.21. The molecule has 0 aromatic heterocycles. The Morgan fingerprint density at radius 3 is 2.46 bits per heavy atom. The zero-order valence-electron chi connectivity index (χ0n) is 17.2. The number of anilines is 1. The summed E-state index contributed by atoms with van der Waals surface area (Å²) in [6.07, 6.45) is 5.86. The molecule has 2 fully saturated rings. The van der Waals surface area contributed by atoms with Gasteiger partial charge in [0.15, 0.2) is 0 Å². The lowest BCUT2D eigenvalue weighted by molar-refractivity contribution is -0.137. The quantitative estimate of drug-likeness (QED) is 0.754. The minimum absolute atomic E-state index is 0. The number of carbonyl (C=O) groups is 2. The van der Waals surface area contributed by atoms with Crippen LogP contribution in [0.5, 0.6) is 0 Å². The molecule has 1 N–H and O–H groups in total. The number of likely N-dealkylation sites (tertiary alicyclic amines) is 1. The van der Waals surface area contributed by atoms with Gasteiger partial charge in [-0.3, -0.25) is 9.59 Å². The molecule has 1 unspecified atom stereocenters. The normalized spacial score (nSPS) is 20.4. The Morgan fingerprint density at radius 1 is 1.18 bits per heavy atom. The van der Waals surface area contributed by atoms with Crippen LogP contribution in [-0.4, -0.2) is 49.9 Å². The molecule has 0 saturated carbocycles. The Kier molecular flexibility index (Phi) is 8.77. The zero-order valence-corrected chi connectivity index (χ0v) is 18.0. The number of nitrogens with zero attached hydrogens (tertiary/aromatic N) is 2. The van der Waals surface area contributed by atoms with E-state index in [1.807, 2.05) is 24.1 Å². The molecule has 0 spiro atoms. The number of halogens is 1. The number of rotatable bonds is 7. The van der Waals surface area contributed by atoms with E-state index in [2.05, 4.69) is 24.4 Å². The Morgan fingerprint density at radius 2 is 1.86 bits per heavy atom. The summed E-state index contributed by atoms with van der Waals surface area (Å²) in [6, 6.07) is 8.22. The van der Waals surface area contributed by atoms with E-state index in [0.29, 0.717) is 18.9 Å². The average Bonchev–Trinajstić information content (AvgIpc) is 3.09. The summed E-state index contributed by atoms with van der Waals surface area (Å²) in [7, 11) is 1.98. The second-order valence-electron chi connectivity index (χ2n) is 7.98. The van der Waals surface area contributed by atoms with Crippen LogP contribution in [0.2, 0.25) is 0 Å². The zero-order chi connectivity index (χ0) is 19.2.